The lowest BCUT2D eigenvalue weighted by Crippen LogP contribution is -2.64. The molecule has 0 aromatic heterocycles. The number of hydrogen-bond donors (Lipinski definition) is 1. The largest absolute Gasteiger partial charge is 0.388 e. The maximum atomic E-state index is 11.0. The van der Waals surface area contributed by atoms with Crippen LogP contribution in [0.1, 0.15) is 127 Å². The molecular formula is C42H72N2O5. The fraction of sp³-hybridized carbons (Fsp3) is 1.00. The van der Waals surface area contributed by atoms with Crippen LogP contribution in [0.15, 0.2) is 0 Å². The maximum Gasteiger partial charge on any atom is 0.170 e. The Kier molecular flexibility index (Phi) is 8.84. The van der Waals surface area contributed by atoms with Gasteiger partial charge in [0.2, 0.25) is 0 Å². The van der Waals surface area contributed by atoms with Gasteiger partial charge in [-0.2, -0.15) is 0 Å². The lowest BCUT2D eigenvalue weighted by Gasteiger charge is -2.60. The third kappa shape index (κ3) is 5.75. The molecule has 12 unspecified atom stereocenters. The molecule has 8 rings (SSSR count). The van der Waals surface area contributed by atoms with Crippen LogP contribution in [0.4, 0.5) is 0 Å². The van der Waals surface area contributed by atoms with E-state index >= 15 is 0 Å². The lowest BCUT2D eigenvalue weighted by molar-refractivity contribution is -0.250. The summed E-state index contributed by atoms with van der Waals surface area (Å²) in [6, 6.07) is 0.655. The third-order valence-electron chi connectivity index (χ3n) is 16.5. The topological polar surface area (TPSA) is 63.6 Å². The number of rotatable bonds is 8. The molecule has 12 atom stereocenters. The SMILES string of the molecule is CCOC(C1CCC2C(CC3C4CCC5C(C)(C)C(OC6CN(C7CN(CC(C)(C)C)C7)CCO6)CCC56CC46CCC23C)O1)C(C)(C)O. The van der Waals surface area contributed by atoms with E-state index in [0.29, 0.717) is 46.3 Å². The minimum Gasteiger partial charge on any atom is -0.388 e. The van der Waals surface area contributed by atoms with Crippen LogP contribution in [0.25, 0.3) is 0 Å². The predicted molar refractivity (Wildman–Crippen MR) is 193 cm³/mol. The number of fused-ring (bicyclic) bond motifs is 4. The van der Waals surface area contributed by atoms with Crippen molar-refractivity contribution in [3.05, 3.63) is 0 Å². The summed E-state index contributed by atoms with van der Waals surface area (Å²) in [4.78, 5) is 5.28. The lowest BCUT2D eigenvalue weighted by atomic mass is 9.46. The quantitative estimate of drug-likeness (QED) is 0.292. The van der Waals surface area contributed by atoms with E-state index in [2.05, 4.69) is 51.3 Å². The summed E-state index contributed by atoms with van der Waals surface area (Å²) >= 11 is 0. The second kappa shape index (κ2) is 12.1. The first-order valence-corrected chi connectivity index (χ1v) is 20.7. The zero-order valence-electron chi connectivity index (χ0n) is 32.8. The second-order valence-corrected chi connectivity index (χ2v) is 21.2. The molecule has 0 aromatic rings. The summed E-state index contributed by atoms with van der Waals surface area (Å²) in [5.74, 6) is 3.02. The number of ether oxygens (including phenoxy) is 4. The van der Waals surface area contributed by atoms with Crippen LogP contribution in [-0.2, 0) is 18.9 Å². The molecule has 8 aliphatic rings. The Bertz CT molecular complexity index is 1220. The summed E-state index contributed by atoms with van der Waals surface area (Å²) in [5.41, 5.74) is 1.08. The normalized spacial score (nSPS) is 47.6. The van der Waals surface area contributed by atoms with E-state index in [1.54, 1.807) is 0 Å². The summed E-state index contributed by atoms with van der Waals surface area (Å²) in [5, 5.41) is 11.0. The molecule has 3 saturated heterocycles. The highest BCUT2D eigenvalue weighted by Gasteiger charge is 2.80. The van der Waals surface area contributed by atoms with E-state index in [4.69, 9.17) is 18.9 Å². The van der Waals surface area contributed by atoms with Gasteiger partial charge in [-0.05, 0) is 136 Å². The number of morpholine rings is 1. The van der Waals surface area contributed by atoms with Crippen molar-refractivity contribution in [3.8, 4) is 0 Å². The zero-order valence-corrected chi connectivity index (χ0v) is 32.8. The van der Waals surface area contributed by atoms with Gasteiger partial charge in [0.15, 0.2) is 6.29 Å². The van der Waals surface area contributed by atoms with Gasteiger partial charge in [0.1, 0.15) is 6.10 Å². The highest BCUT2D eigenvalue weighted by molar-refractivity contribution is 5.29. The van der Waals surface area contributed by atoms with E-state index in [9.17, 15) is 5.11 Å². The molecular weight excluding hydrogens is 612 g/mol. The first-order chi connectivity index (χ1) is 23.0. The van der Waals surface area contributed by atoms with Gasteiger partial charge < -0.3 is 24.1 Å². The molecule has 49 heavy (non-hydrogen) atoms. The van der Waals surface area contributed by atoms with Crippen molar-refractivity contribution in [1.82, 2.24) is 9.80 Å². The van der Waals surface area contributed by atoms with Crippen molar-refractivity contribution in [2.24, 2.45) is 50.7 Å². The molecule has 7 heteroatoms. The van der Waals surface area contributed by atoms with Gasteiger partial charge in [0.25, 0.3) is 0 Å². The zero-order chi connectivity index (χ0) is 34.8. The van der Waals surface area contributed by atoms with Crippen LogP contribution in [0.3, 0.4) is 0 Å². The summed E-state index contributed by atoms with van der Waals surface area (Å²) in [6.45, 7) is 27.6. The molecule has 8 fully saturated rings. The van der Waals surface area contributed by atoms with Crippen LogP contribution in [0.2, 0.25) is 0 Å². The fourth-order valence-corrected chi connectivity index (χ4v) is 14.5. The maximum absolute atomic E-state index is 11.0. The molecule has 5 aliphatic carbocycles. The molecule has 5 saturated carbocycles. The number of aliphatic hydroxyl groups is 1. The minimum atomic E-state index is -0.895. The van der Waals surface area contributed by atoms with Crippen LogP contribution < -0.4 is 0 Å². The average Bonchev–Trinajstić information content (AvgIpc) is 3.58. The van der Waals surface area contributed by atoms with Crippen molar-refractivity contribution in [3.63, 3.8) is 0 Å². The first-order valence-electron chi connectivity index (χ1n) is 20.7. The van der Waals surface area contributed by atoms with Gasteiger partial charge in [-0.25, -0.2) is 0 Å². The van der Waals surface area contributed by atoms with Crippen LogP contribution in [-0.4, -0.2) is 103 Å². The Hall–Kier alpha value is -0.280. The van der Waals surface area contributed by atoms with Gasteiger partial charge in [0, 0.05) is 45.4 Å². The Labute approximate surface area is 298 Å². The minimum absolute atomic E-state index is 0.00454. The van der Waals surface area contributed by atoms with Crippen molar-refractivity contribution >= 4 is 0 Å². The van der Waals surface area contributed by atoms with Gasteiger partial charge in [-0.15, -0.1) is 0 Å². The molecule has 1 N–H and O–H groups in total. The molecule has 0 radical (unpaired) electrons. The molecule has 3 heterocycles. The van der Waals surface area contributed by atoms with Gasteiger partial charge in [-0.3, -0.25) is 9.80 Å². The van der Waals surface area contributed by atoms with E-state index in [0.717, 1.165) is 43.9 Å². The summed E-state index contributed by atoms with van der Waals surface area (Å²) < 4.78 is 26.5. The van der Waals surface area contributed by atoms with E-state index in [1.807, 2.05) is 20.8 Å². The highest BCUT2D eigenvalue weighted by Crippen LogP contribution is 2.87. The van der Waals surface area contributed by atoms with Gasteiger partial charge in [-0.1, -0.05) is 41.5 Å². The number of nitrogens with zero attached hydrogens (tertiary/aromatic N) is 2. The van der Waals surface area contributed by atoms with Crippen molar-refractivity contribution < 1.29 is 24.1 Å². The molecule has 0 bridgehead atoms. The number of hydrogen-bond acceptors (Lipinski definition) is 7. The van der Waals surface area contributed by atoms with Crippen LogP contribution in [0, 0.1) is 50.7 Å². The molecule has 7 nitrogen and oxygen atoms in total. The van der Waals surface area contributed by atoms with Gasteiger partial charge >= 0.3 is 0 Å². The van der Waals surface area contributed by atoms with Gasteiger partial charge in [0.05, 0.1) is 30.5 Å². The monoisotopic (exact) mass is 685 g/mol. The molecule has 2 spiro atoms. The Morgan fingerprint density at radius 1 is 0.878 bits per heavy atom. The molecule has 0 amide bonds. The van der Waals surface area contributed by atoms with E-state index in [1.165, 1.54) is 77.4 Å². The average molecular weight is 685 g/mol. The first kappa shape index (κ1) is 35.7. The molecule has 280 valence electrons. The summed E-state index contributed by atoms with van der Waals surface area (Å²) in [6.07, 6.45) is 13.2. The van der Waals surface area contributed by atoms with E-state index < -0.39 is 5.60 Å². The van der Waals surface area contributed by atoms with Crippen molar-refractivity contribution in [2.75, 3.05) is 45.9 Å². The fourth-order valence-electron chi connectivity index (χ4n) is 14.5. The molecule has 0 aromatic carbocycles. The van der Waals surface area contributed by atoms with Crippen LogP contribution in [0.5, 0.6) is 0 Å². The third-order valence-corrected chi connectivity index (χ3v) is 16.5. The van der Waals surface area contributed by atoms with Crippen molar-refractivity contribution in [2.45, 2.75) is 169 Å². The Morgan fingerprint density at radius 3 is 2.35 bits per heavy atom. The smallest absolute Gasteiger partial charge is 0.170 e. The summed E-state index contributed by atoms with van der Waals surface area (Å²) in [7, 11) is 0. The number of likely N-dealkylation sites (tertiary alicyclic amines) is 1. The second-order valence-electron chi connectivity index (χ2n) is 21.2. The van der Waals surface area contributed by atoms with E-state index in [-0.39, 0.29) is 30.0 Å². The Morgan fingerprint density at radius 2 is 1.63 bits per heavy atom. The molecule has 3 aliphatic heterocycles. The standard InChI is InChI=1S/C42H72N2O5/c1-10-46-36(39(7,8)45)31-13-11-29-32(48-31)21-30-28-12-14-33-38(5,6)34(15-16-42(33)25-41(28,42)18-17-40(29,30)9)49-35-24-44(19-20-47-35)27-22-43(23-27)26-37(2,3)4/h27-36,45H,10-26H2,1-9H3. The highest BCUT2D eigenvalue weighted by atomic mass is 16.7. The Balaban J connectivity index is 0.916. The predicted octanol–water partition coefficient (Wildman–Crippen LogP) is 7.14. The van der Waals surface area contributed by atoms with Crippen LogP contribution >= 0.6 is 0 Å². The van der Waals surface area contributed by atoms with Crippen molar-refractivity contribution in [1.29, 1.82) is 0 Å².